The number of hydrogen-bond acceptors (Lipinski definition) is 5. The molecule has 0 bridgehead atoms. The van der Waals surface area contributed by atoms with Crippen molar-refractivity contribution in [3.8, 4) is 5.75 Å². The monoisotopic (exact) mass is 448 g/mol. The quantitative estimate of drug-likeness (QED) is 0.459. The van der Waals surface area contributed by atoms with Gasteiger partial charge in [0.2, 0.25) is 5.91 Å². The van der Waals surface area contributed by atoms with E-state index in [0.717, 1.165) is 11.8 Å². The number of thiocarbonyl (C=S) groups is 1. The fraction of sp³-hybridized carbons (Fsp3) is 0.190. The van der Waals surface area contributed by atoms with Crippen molar-refractivity contribution >= 4 is 51.9 Å². The molecular formula is C21H18F2N2O3S2. The summed E-state index contributed by atoms with van der Waals surface area (Å²) < 4.78 is 30.0. The SMILES string of the molecule is O=C(CCCN1C(=O)C(=Cc2ccccc2OC(F)F)SC1=S)Nc1ccccc1. The predicted octanol–water partition coefficient (Wildman–Crippen LogP) is 4.91. The number of nitrogens with zero attached hydrogens (tertiary/aromatic N) is 1. The lowest BCUT2D eigenvalue weighted by molar-refractivity contribution is -0.122. The number of nitrogens with one attached hydrogen (secondary N) is 1. The molecule has 3 rings (SSSR count). The van der Waals surface area contributed by atoms with Crippen LogP contribution in [0, 0.1) is 0 Å². The third-order valence-corrected chi connectivity index (χ3v) is 5.52. The summed E-state index contributed by atoms with van der Waals surface area (Å²) in [5.74, 6) is -0.490. The first kappa shape index (κ1) is 21.9. The molecule has 1 fully saturated rings. The Kier molecular flexibility index (Phi) is 7.53. The fourth-order valence-corrected chi connectivity index (χ4v) is 4.08. The van der Waals surface area contributed by atoms with Gasteiger partial charge in [0.15, 0.2) is 0 Å². The normalized spacial score (nSPS) is 15.2. The molecule has 0 unspecified atom stereocenters. The van der Waals surface area contributed by atoms with E-state index in [0.29, 0.717) is 33.4 Å². The van der Waals surface area contributed by atoms with Gasteiger partial charge in [0.1, 0.15) is 10.1 Å². The molecule has 1 heterocycles. The van der Waals surface area contributed by atoms with E-state index in [1.807, 2.05) is 18.2 Å². The molecule has 1 saturated heterocycles. The summed E-state index contributed by atoms with van der Waals surface area (Å²) in [6, 6.07) is 15.3. The minimum Gasteiger partial charge on any atom is -0.434 e. The number of carbonyl (C=O) groups is 2. The average Bonchev–Trinajstić information content (AvgIpc) is 2.97. The maximum absolute atomic E-state index is 12.7. The first-order chi connectivity index (χ1) is 14.4. The van der Waals surface area contributed by atoms with Crippen LogP contribution in [-0.2, 0) is 9.59 Å². The standard InChI is InChI=1S/C21H18F2N2O3S2/c22-20(23)28-16-10-5-4-7-14(16)13-17-19(27)25(21(29)30-17)12-6-11-18(26)24-15-8-2-1-3-9-15/h1-5,7-10,13,20H,6,11-12H2,(H,24,26). The van der Waals surface area contributed by atoms with E-state index in [9.17, 15) is 18.4 Å². The smallest absolute Gasteiger partial charge is 0.387 e. The largest absolute Gasteiger partial charge is 0.434 e. The second-order valence-electron chi connectivity index (χ2n) is 6.27. The number of carbonyl (C=O) groups excluding carboxylic acids is 2. The van der Waals surface area contributed by atoms with Gasteiger partial charge in [0.05, 0.1) is 4.91 Å². The zero-order valence-corrected chi connectivity index (χ0v) is 17.3. The van der Waals surface area contributed by atoms with E-state index in [1.165, 1.54) is 17.0 Å². The second kappa shape index (κ2) is 10.3. The van der Waals surface area contributed by atoms with Crippen LogP contribution in [0.3, 0.4) is 0 Å². The van der Waals surface area contributed by atoms with Crippen LogP contribution in [0.15, 0.2) is 59.5 Å². The van der Waals surface area contributed by atoms with E-state index >= 15 is 0 Å². The molecule has 156 valence electrons. The minimum absolute atomic E-state index is 0.0182. The van der Waals surface area contributed by atoms with Gasteiger partial charge in [0.25, 0.3) is 5.91 Å². The molecule has 0 aliphatic carbocycles. The first-order valence-corrected chi connectivity index (χ1v) is 10.3. The first-order valence-electron chi connectivity index (χ1n) is 9.08. The molecule has 2 aromatic rings. The number of amides is 2. The van der Waals surface area contributed by atoms with E-state index in [4.69, 9.17) is 12.2 Å². The zero-order valence-electron chi connectivity index (χ0n) is 15.7. The third kappa shape index (κ3) is 5.87. The zero-order chi connectivity index (χ0) is 21.5. The van der Waals surface area contributed by atoms with Gasteiger partial charge >= 0.3 is 6.61 Å². The Balaban J connectivity index is 1.59. The van der Waals surface area contributed by atoms with Crippen LogP contribution < -0.4 is 10.1 Å². The summed E-state index contributed by atoms with van der Waals surface area (Å²) >= 11 is 6.36. The lowest BCUT2D eigenvalue weighted by atomic mass is 10.2. The van der Waals surface area contributed by atoms with Crippen molar-refractivity contribution in [2.24, 2.45) is 0 Å². The Morgan fingerprint density at radius 1 is 1.17 bits per heavy atom. The number of rotatable bonds is 8. The summed E-state index contributed by atoms with van der Waals surface area (Å²) in [6.45, 7) is -2.67. The van der Waals surface area contributed by atoms with Gasteiger partial charge in [-0.2, -0.15) is 8.78 Å². The number of halogens is 2. The number of para-hydroxylation sites is 2. The number of ether oxygens (including phenoxy) is 1. The lowest BCUT2D eigenvalue weighted by Crippen LogP contribution is -2.29. The number of anilines is 1. The maximum Gasteiger partial charge on any atom is 0.387 e. The molecule has 0 saturated carbocycles. The molecule has 1 N–H and O–H groups in total. The number of alkyl halides is 2. The molecular weight excluding hydrogens is 430 g/mol. The highest BCUT2D eigenvalue weighted by atomic mass is 32.2. The molecule has 0 aromatic heterocycles. The predicted molar refractivity (Wildman–Crippen MR) is 117 cm³/mol. The molecule has 0 atom stereocenters. The van der Waals surface area contributed by atoms with Crippen LogP contribution in [0.1, 0.15) is 18.4 Å². The molecule has 5 nitrogen and oxygen atoms in total. The Morgan fingerprint density at radius 3 is 2.60 bits per heavy atom. The molecule has 0 spiro atoms. The Morgan fingerprint density at radius 2 is 1.87 bits per heavy atom. The van der Waals surface area contributed by atoms with Gasteiger partial charge in [-0.3, -0.25) is 14.5 Å². The maximum atomic E-state index is 12.7. The minimum atomic E-state index is -2.96. The summed E-state index contributed by atoms with van der Waals surface area (Å²) in [4.78, 5) is 26.5. The number of benzene rings is 2. The van der Waals surface area contributed by atoms with Gasteiger partial charge in [-0.05, 0) is 30.7 Å². The highest BCUT2D eigenvalue weighted by molar-refractivity contribution is 8.26. The van der Waals surface area contributed by atoms with Crippen molar-refractivity contribution in [3.63, 3.8) is 0 Å². The molecule has 1 aliphatic rings. The van der Waals surface area contributed by atoms with Crippen LogP contribution >= 0.6 is 24.0 Å². The van der Waals surface area contributed by atoms with E-state index in [2.05, 4.69) is 10.1 Å². The molecule has 9 heteroatoms. The van der Waals surface area contributed by atoms with Gasteiger partial charge in [0, 0.05) is 24.2 Å². The van der Waals surface area contributed by atoms with Crippen LogP contribution in [0.4, 0.5) is 14.5 Å². The van der Waals surface area contributed by atoms with E-state index < -0.39 is 6.61 Å². The fourth-order valence-electron chi connectivity index (χ4n) is 2.78. The van der Waals surface area contributed by atoms with Crippen molar-refractivity contribution < 1.29 is 23.1 Å². The molecule has 1 aliphatic heterocycles. The van der Waals surface area contributed by atoms with Gasteiger partial charge in [-0.15, -0.1) is 0 Å². The molecule has 0 radical (unpaired) electrons. The molecule has 2 aromatic carbocycles. The number of thioether (sulfide) groups is 1. The van der Waals surface area contributed by atoms with Crippen molar-refractivity contribution in [2.45, 2.75) is 19.5 Å². The second-order valence-corrected chi connectivity index (χ2v) is 7.94. The van der Waals surface area contributed by atoms with Crippen molar-refractivity contribution in [3.05, 3.63) is 65.1 Å². The van der Waals surface area contributed by atoms with Crippen LogP contribution in [0.2, 0.25) is 0 Å². The van der Waals surface area contributed by atoms with Crippen molar-refractivity contribution in [2.75, 3.05) is 11.9 Å². The van der Waals surface area contributed by atoms with E-state index in [-0.39, 0.29) is 24.0 Å². The molecule has 30 heavy (non-hydrogen) atoms. The van der Waals surface area contributed by atoms with Gasteiger partial charge in [-0.25, -0.2) is 0 Å². The summed E-state index contributed by atoms with van der Waals surface area (Å²) in [6.07, 6.45) is 2.15. The van der Waals surface area contributed by atoms with Gasteiger partial charge < -0.3 is 10.1 Å². The Bertz CT molecular complexity index is 968. The highest BCUT2D eigenvalue weighted by Crippen LogP contribution is 2.34. The summed E-state index contributed by atoms with van der Waals surface area (Å²) in [5.41, 5.74) is 1.07. The van der Waals surface area contributed by atoms with Crippen molar-refractivity contribution in [1.29, 1.82) is 0 Å². The van der Waals surface area contributed by atoms with E-state index in [1.54, 1.807) is 30.3 Å². The summed E-state index contributed by atoms with van der Waals surface area (Å²) in [5, 5.41) is 2.79. The highest BCUT2D eigenvalue weighted by Gasteiger charge is 2.32. The summed E-state index contributed by atoms with van der Waals surface area (Å²) in [7, 11) is 0. The average molecular weight is 449 g/mol. The van der Waals surface area contributed by atoms with Crippen LogP contribution in [0.25, 0.3) is 6.08 Å². The van der Waals surface area contributed by atoms with Gasteiger partial charge in [-0.1, -0.05) is 60.4 Å². The Hall–Kier alpha value is -2.78. The lowest BCUT2D eigenvalue weighted by Gasteiger charge is -2.14. The third-order valence-electron chi connectivity index (χ3n) is 4.14. The van der Waals surface area contributed by atoms with Crippen molar-refractivity contribution in [1.82, 2.24) is 4.90 Å². The topological polar surface area (TPSA) is 58.6 Å². The Labute approximate surface area is 182 Å². The van der Waals surface area contributed by atoms with Crippen LogP contribution in [0.5, 0.6) is 5.75 Å². The van der Waals surface area contributed by atoms with Crippen LogP contribution in [-0.4, -0.2) is 34.2 Å². The number of hydrogen-bond donors (Lipinski definition) is 1. The molecule has 2 amide bonds.